The van der Waals surface area contributed by atoms with E-state index in [1.54, 1.807) is 0 Å². The van der Waals surface area contributed by atoms with Crippen molar-refractivity contribution in [1.29, 1.82) is 0 Å². The Morgan fingerprint density at radius 3 is 2.81 bits per heavy atom. The Balaban J connectivity index is 2.26. The number of carboxylic acid groups (broad SMARTS) is 1. The second kappa shape index (κ2) is 6.51. The van der Waals surface area contributed by atoms with Gasteiger partial charge in [-0.1, -0.05) is 26.2 Å². The van der Waals surface area contributed by atoms with E-state index < -0.39 is 10.9 Å². The first-order valence-corrected chi connectivity index (χ1v) is 7.13. The lowest BCUT2D eigenvalue weighted by Crippen LogP contribution is -2.27. The molecule has 1 aliphatic carbocycles. The van der Waals surface area contributed by atoms with Gasteiger partial charge in [-0.15, -0.1) is 0 Å². The van der Waals surface area contributed by atoms with Crippen LogP contribution in [0.5, 0.6) is 0 Å². The molecule has 7 heteroatoms. The van der Waals surface area contributed by atoms with Crippen LogP contribution in [0.15, 0.2) is 12.3 Å². The lowest BCUT2D eigenvalue weighted by atomic mass is 9.97. The number of carbonyl (C=O) groups is 1. The van der Waals surface area contributed by atoms with Crippen molar-refractivity contribution >= 4 is 17.5 Å². The lowest BCUT2D eigenvalue weighted by molar-refractivity contribution is -0.385. The number of carboxylic acids is 1. The van der Waals surface area contributed by atoms with E-state index in [2.05, 4.69) is 17.2 Å². The predicted molar refractivity (Wildman–Crippen MR) is 77.5 cm³/mol. The van der Waals surface area contributed by atoms with E-state index in [0.717, 1.165) is 31.5 Å². The van der Waals surface area contributed by atoms with Crippen LogP contribution in [0.4, 0.5) is 11.5 Å². The SMILES string of the molecule is CC1CCCCCC1Nc1ncc([N+](=O)[O-])cc1C(=O)O. The molecule has 0 spiro atoms. The highest BCUT2D eigenvalue weighted by Crippen LogP contribution is 2.27. The Hall–Kier alpha value is -2.18. The smallest absolute Gasteiger partial charge is 0.339 e. The summed E-state index contributed by atoms with van der Waals surface area (Å²) in [7, 11) is 0. The van der Waals surface area contributed by atoms with Crippen LogP contribution >= 0.6 is 0 Å². The van der Waals surface area contributed by atoms with Crippen LogP contribution in [0.25, 0.3) is 0 Å². The van der Waals surface area contributed by atoms with Crippen LogP contribution in [-0.2, 0) is 0 Å². The zero-order chi connectivity index (χ0) is 15.4. The van der Waals surface area contributed by atoms with Gasteiger partial charge in [0.2, 0.25) is 0 Å². The second-order valence-electron chi connectivity index (χ2n) is 5.52. The topological polar surface area (TPSA) is 105 Å². The Kier molecular flexibility index (Phi) is 4.72. The molecule has 1 saturated carbocycles. The Morgan fingerprint density at radius 2 is 2.14 bits per heavy atom. The summed E-state index contributed by atoms with van der Waals surface area (Å²) in [6.07, 6.45) is 6.60. The van der Waals surface area contributed by atoms with Gasteiger partial charge in [0.25, 0.3) is 5.69 Å². The molecule has 7 nitrogen and oxygen atoms in total. The molecule has 2 atom stereocenters. The third-order valence-electron chi connectivity index (χ3n) is 4.00. The number of rotatable bonds is 4. The number of nitrogens with one attached hydrogen (secondary N) is 1. The zero-order valence-corrected chi connectivity index (χ0v) is 11.9. The normalized spacial score (nSPS) is 22.3. The van der Waals surface area contributed by atoms with Crippen LogP contribution < -0.4 is 5.32 Å². The van der Waals surface area contributed by atoms with E-state index in [4.69, 9.17) is 0 Å². The average molecular weight is 293 g/mol. The summed E-state index contributed by atoms with van der Waals surface area (Å²) < 4.78 is 0. The van der Waals surface area contributed by atoms with Crippen molar-refractivity contribution in [3.8, 4) is 0 Å². The van der Waals surface area contributed by atoms with Crippen LogP contribution in [0.1, 0.15) is 49.4 Å². The quantitative estimate of drug-likeness (QED) is 0.502. The zero-order valence-electron chi connectivity index (χ0n) is 11.9. The fourth-order valence-corrected chi connectivity index (χ4v) is 2.71. The summed E-state index contributed by atoms with van der Waals surface area (Å²) in [4.78, 5) is 25.3. The van der Waals surface area contributed by atoms with Crippen LogP contribution in [0, 0.1) is 16.0 Å². The Labute approximate surface area is 122 Å². The van der Waals surface area contributed by atoms with Gasteiger partial charge in [-0.2, -0.15) is 0 Å². The molecule has 1 heterocycles. The minimum atomic E-state index is -1.21. The number of aromatic nitrogens is 1. The summed E-state index contributed by atoms with van der Waals surface area (Å²) in [5.74, 6) is -0.576. The van der Waals surface area contributed by atoms with E-state index >= 15 is 0 Å². The van der Waals surface area contributed by atoms with E-state index in [0.29, 0.717) is 5.92 Å². The molecule has 2 rings (SSSR count). The first-order valence-electron chi connectivity index (χ1n) is 7.13. The predicted octanol–water partition coefficient (Wildman–Crippen LogP) is 3.07. The molecule has 2 unspecified atom stereocenters. The van der Waals surface area contributed by atoms with Crippen molar-refractivity contribution in [3.63, 3.8) is 0 Å². The van der Waals surface area contributed by atoms with E-state index in [1.807, 2.05) is 0 Å². The van der Waals surface area contributed by atoms with Crippen molar-refractivity contribution in [2.45, 2.75) is 45.1 Å². The molecule has 0 bridgehead atoms. The molecule has 0 aliphatic heterocycles. The van der Waals surface area contributed by atoms with Crippen LogP contribution in [0.3, 0.4) is 0 Å². The lowest BCUT2D eigenvalue weighted by Gasteiger charge is -2.24. The summed E-state index contributed by atoms with van der Waals surface area (Å²) >= 11 is 0. The van der Waals surface area contributed by atoms with Crippen molar-refractivity contribution in [2.75, 3.05) is 5.32 Å². The number of pyridine rings is 1. The fraction of sp³-hybridized carbons (Fsp3) is 0.571. The van der Waals surface area contributed by atoms with Gasteiger partial charge in [-0.05, 0) is 18.8 Å². The van der Waals surface area contributed by atoms with E-state index in [-0.39, 0.29) is 23.1 Å². The molecule has 0 amide bonds. The monoisotopic (exact) mass is 293 g/mol. The van der Waals surface area contributed by atoms with E-state index in [9.17, 15) is 20.0 Å². The highest BCUT2D eigenvalue weighted by atomic mass is 16.6. The van der Waals surface area contributed by atoms with Gasteiger partial charge < -0.3 is 10.4 Å². The maximum Gasteiger partial charge on any atom is 0.339 e. The Morgan fingerprint density at radius 1 is 1.43 bits per heavy atom. The minimum absolute atomic E-state index is 0.152. The van der Waals surface area contributed by atoms with Gasteiger partial charge in [-0.25, -0.2) is 9.78 Å². The van der Waals surface area contributed by atoms with Crippen LogP contribution in [-0.4, -0.2) is 27.0 Å². The molecule has 1 aromatic rings. The summed E-state index contributed by atoms with van der Waals surface area (Å²) in [5.41, 5.74) is -0.465. The Bertz CT molecular complexity index is 547. The van der Waals surface area contributed by atoms with Crippen molar-refractivity contribution in [2.24, 2.45) is 5.92 Å². The molecule has 1 aliphatic rings. The second-order valence-corrected chi connectivity index (χ2v) is 5.52. The largest absolute Gasteiger partial charge is 0.478 e. The molecule has 1 fully saturated rings. The maximum atomic E-state index is 11.3. The van der Waals surface area contributed by atoms with Gasteiger partial charge in [-0.3, -0.25) is 10.1 Å². The van der Waals surface area contributed by atoms with Gasteiger partial charge >= 0.3 is 5.97 Å². The number of hydrogen-bond acceptors (Lipinski definition) is 5. The van der Waals surface area contributed by atoms with Crippen molar-refractivity contribution in [3.05, 3.63) is 27.9 Å². The third kappa shape index (κ3) is 3.68. The molecule has 2 N–H and O–H groups in total. The van der Waals surface area contributed by atoms with Gasteiger partial charge in [0.15, 0.2) is 0 Å². The van der Waals surface area contributed by atoms with Gasteiger partial charge in [0.1, 0.15) is 17.6 Å². The molecule has 0 saturated heterocycles. The van der Waals surface area contributed by atoms with Crippen molar-refractivity contribution in [1.82, 2.24) is 4.98 Å². The minimum Gasteiger partial charge on any atom is -0.478 e. The fourth-order valence-electron chi connectivity index (χ4n) is 2.71. The number of nitro groups is 1. The van der Waals surface area contributed by atoms with E-state index in [1.165, 1.54) is 12.8 Å². The molecular formula is C14H19N3O4. The molecule has 0 radical (unpaired) electrons. The van der Waals surface area contributed by atoms with Gasteiger partial charge in [0.05, 0.1) is 4.92 Å². The molecule has 21 heavy (non-hydrogen) atoms. The average Bonchev–Trinajstić information content (AvgIpc) is 2.64. The van der Waals surface area contributed by atoms with Gasteiger partial charge in [0, 0.05) is 12.1 Å². The van der Waals surface area contributed by atoms with Crippen LogP contribution in [0.2, 0.25) is 0 Å². The first kappa shape index (κ1) is 15.2. The molecule has 1 aromatic heterocycles. The molecular weight excluding hydrogens is 274 g/mol. The number of nitrogens with zero attached hydrogens (tertiary/aromatic N) is 2. The highest BCUT2D eigenvalue weighted by molar-refractivity contribution is 5.93. The summed E-state index contributed by atoms with van der Waals surface area (Å²) in [6, 6.07) is 1.21. The number of hydrogen-bond donors (Lipinski definition) is 2. The standard InChI is InChI=1S/C14H19N3O4/c1-9-5-3-2-4-6-12(9)16-13-11(14(18)19)7-10(8-15-13)17(20)21/h7-9,12H,2-6H2,1H3,(H,15,16)(H,18,19). The highest BCUT2D eigenvalue weighted by Gasteiger charge is 2.24. The summed E-state index contributed by atoms with van der Waals surface area (Å²) in [6.45, 7) is 2.13. The number of aromatic carboxylic acids is 1. The first-order chi connectivity index (χ1) is 9.99. The molecule has 0 aromatic carbocycles. The third-order valence-corrected chi connectivity index (χ3v) is 4.00. The summed E-state index contributed by atoms with van der Waals surface area (Å²) in [5, 5.41) is 23.1. The maximum absolute atomic E-state index is 11.3. The number of anilines is 1. The van der Waals surface area contributed by atoms with Crippen molar-refractivity contribution < 1.29 is 14.8 Å². The molecule has 114 valence electrons.